The van der Waals surface area contributed by atoms with E-state index in [1.165, 1.54) is 49.0 Å². The molecule has 4 nitrogen and oxygen atoms in total. The first-order valence-electron chi connectivity index (χ1n) is 9.67. The third-order valence-electron chi connectivity index (χ3n) is 5.90. The summed E-state index contributed by atoms with van der Waals surface area (Å²) in [6.45, 7) is 2.65. The molecular formula is C20H29N3OS. The van der Waals surface area contributed by atoms with Gasteiger partial charge < -0.3 is 5.32 Å². The number of hydrogen-bond donors (Lipinski definition) is 1. The van der Waals surface area contributed by atoms with Crippen molar-refractivity contribution in [2.45, 2.75) is 70.8 Å². The van der Waals surface area contributed by atoms with Crippen LogP contribution in [0.25, 0.3) is 0 Å². The van der Waals surface area contributed by atoms with Crippen LogP contribution in [0.1, 0.15) is 67.9 Å². The summed E-state index contributed by atoms with van der Waals surface area (Å²) in [7, 11) is 2.05. The van der Waals surface area contributed by atoms with Crippen LogP contribution in [0.3, 0.4) is 0 Å². The van der Waals surface area contributed by atoms with Crippen LogP contribution in [-0.4, -0.2) is 30.4 Å². The summed E-state index contributed by atoms with van der Waals surface area (Å²) < 4.78 is 0. The van der Waals surface area contributed by atoms with Crippen molar-refractivity contribution in [3.8, 4) is 6.07 Å². The summed E-state index contributed by atoms with van der Waals surface area (Å²) in [5.41, 5.74) is 1.90. The van der Waals surface area contributed by atoms with Gasteiger partial charge in [0, 0.05) is 10.9 Å². The number of nitrogens with zero attached hydrogens (tertiary/aromatic N) is 2. The fraction of sp³-hybridized carbons (Fsp3) is 0.700. The van der Waals surface area contributed by atoms with Crippen molar-refractivity contribution in [1.82, 2.24) is 4.90 Å². The van der Waals surface area contributed by atoms with Crippen LogP contribution in [-0.2, 0) is 17.6 Å². The highest BCUT2D eigenvalue weighted by atomic mass is 32.1. The third kappa shape index (κ3) is 4.24. The molecule has 2 aliphatic carbocycles. The van der Waals surface area contributed by atoms with Gasteiger partial charge in [0.05, 0.1) is 12.1 Å². The van der Waals surface area contributed by atoms with Crippen LogP contribution in [0.5, 0.6) is 0 Å². The van der Waals surface area contributed by atoms with E-state index < -0.39 is 0 Å². The van der Waals surface area contributed by atoms with Gasteiger partial charge in [-0.05, 0) is 50.6 Å². The zero-order valence-corrected chi connectivity index (χ0v) is 16.3. The second-order valence-corrected chi connectivity index (χ2v) is 8.70. The smallest absolute Gasteiger partial charge is 0.239 e. The van der Waals surface area contributed by atoms with Gasteiger partial charge in [0.2, 0.25) is 5.91 Å². The number of rotatable bonds is 5. The molecule has 1 saturated carbocycles. The molecule has 0 aliphatic heterocycles. The van der Waals surface area contributed by atoms with E-state index in [-0.39, 0.29) is 5.91 Å². The number of fused-ring (bicyclic) bond motifs is 1. The normalized spacial score (nSPS) is 21.0. The number of nitriles is 1. The summed E-state index contributed by atoms with van der Waals surface area (Å²) in [6, 6.07) is 2.87. The molecule has 1 fully saturated rings. The van der Waals surface area contributed by atoms with Crippen LogP contribution in [0.2, 0.25) is 0 Å². The van der Waals surface area contributed by atoms with E-state index in [1.54, 1.807) is 11.3 Å². The molecule has 25 heavy (non-hydrogen) atoms. The molecule has 0 saturated heterocycles. The van der Waals surface area contributed by atoms with Crippen molar-refractivity contribution < 1.29 is 4.79 Å². The van der Waals surface area contributed by atoms with Gasteiger partial charge in [-0.1, -0.05) is 32.6 Å². The Morgan fingerprint density at radius 1 is 1.32 bits per heavy atom. The van der Waals surface area contributed by atoms with E-state index in [0.717, 1.165) is 30.2 Å². The lowest BCUT2D eigenvalue weighted by molar-refractivity contribution is -0.117. The lowest BCUT2D eigenvalue weighted by Crippen LogP contribution is -2.39. The Morgan fingerprint density at radius 2 is 2.08 bits per heavy atom. The number of amides is 1. The molecule has 1 heterocycles. The third-order valence-corrected chi connectivity index (χ3v) is 7.07. The molecule has 0 spiro atoms. The lowest BCUT2D eigenvalue weighted by atomic mass is 9.86. The Labute approximate surface area is 155 Å². The predicted octanol–water partition coefficient (Wildman–Crippen LogP) is 4.34. The van der Waals surface area contributed by atoms with Crippen molar-refractivity contribution in [2.24, 2.45) is 5.92 Å². The average molecular weight is 360 g/mol. The molecule has 1 aromatic heterocycles. The Bertz CT molecular complexity index is 655. The standard InChI is InChI=1S/C20H29N3OS/c1-3-14-9-10-16-17(12-21)20(25-18(16)11-14)22-19(24)13-23(2)15-7-5-4-6-8-15/h14-15H,3-11,13H2,1-2H3,(H,22,24). The quantitative estimate of drug-likeness (QED) is 0.851. The van der Waals surface area contributed by atoms with Crippen LogP contribution in [0, 0.1) is 17.2 Å². The van der Waals surface area contributed by atoms with Crippen molar-refractivity contribution in [2.75, 3.05) is 18.9 Å². The number of thiophene rings is 1. The van der Waals surface area contributed by atoms with Crippen LogP contribution in [0.4, 0.5) is 5.00 Å². The van der Waals surface area contributed by atoms with Gasteiger partial charge in [-0.25, -0.2) is 0 Å². The molecule has 1 aromatic rings. The predicted molar refractivity (Wildman–Crippen MR) is 103 cm³/mol. The van der Waals surface area contributed by atoms with Gasteiger partial charge in [0.25, 0.3) is 0 Å². The Kier molecular flexibility index (Phi) is 6.14. The van der Waals surface area contributed by atoms with Gasteiger partial charge >= 0.3 is 0 Å². The van der Waals surface area contributed by atoms with E-state index in [4.69, 9.17) is 0 Å². The molecule has 3 rings (SSSR count). The highest BCUT2D eigenvalue weighted by Crippen LogP contribution is 2.40. The summed E-state index contributed by atoms with van der Waals surface area (Å²) >= 11 is 1.62. The Morgan fingerprint density at radius 3 is 2.76 bits per heavy atom. The minimum atomic E-state index is 0.00946. The zero-order chi connectivity index (χ0) is 17.8. The highest BCUT2D eigenvalue weighted by molar-refractivity contribution is 7.16. The molecule has 136 valence electrons. The maximum atomic E-state index is 12.5. The van der Waals surface area contributed by atoms with Crippen molar-refractivity contribution in [3.63, 3.8) is 0 Å². The van der Waals surface area contributed by atoms with E-state index in [9.17, 15) is 10.1 Å². The van der Waals surface area contributed by atoms with Crippen molar-refractivity contribution in [3.05, 3.63) is 16.0 Å². The molecule has 0 radical (unpaired) electrons. The molecule has 0 bridgehead atoms. The second kappa shape index (κ2) is 8.33. The monoisotopic (exact) mass is 359 g/mol. The van der Waals surface area contributed by atoms with Crippen molar-refractivity contribution in [1.29, 1.82) is 5.26 Å². The number of nitrogens with one attached hydrogen (secondary N) is 1. The van der Waals surface area contributed by atoms with Crippen molar-refractivity contribution >= 4 is 22.2 Å². The molecule has 1 unspecified atom stereocenters. The molecule has 1 amide bonds. The largest absolute Gasteiger partial charge is 0.315 e. The Balaban J connectivity index is 1.65. The minimum absolute atomic E-state index is 0.00946. The summed E-state index contributed by atoms with van der Waals surface area (Å²) in [5, 5.41) is 13.4. The van der Waals surface area contributed by atoms with Gasteiger partial charge in [0.15, 0.2) is 0 Å². The number of hydrogen-bond acceptors (Lipinski definition) is 4. The van der Waals surface area contributed by atoms with Crippen LogP contribution < -0.4 is 5.32 Å². The van der Waals surface area contributed by atoms with Crippen LogP contribution >= 0.6 is 11.3 Å². The number of carbonyl (C=O) groups is 1. The molecule has 2 aliphatic rings. The minimum Gasteiger partial charge on any atom is -0.315 e. The van der Waals surface area contributed by atoms with Gasteiger partial charge in [-0.3, -0.25) is 9.69 Å². The van der Waals surface area contributed by atoms with E-state index >= 15 is 0 Å². The summed E-state index contributed by atoms with van der Waals surface area (Å²) in [6.07, 6.45) is 10.6. The van der Waals surface area contributed by atoms with E-state index in [0.29, 0.717) is 18.2 Å². The first kappa shape index (κ1) is 18.4. The van der Waals surface area contributed by atoms with Gasteiger partial charge in [-0.2, -0.15) is 5.26 Å². The summed E-state index contributed by atoms with van der Waals surface area (Å²) in [4.78, 5) is 16.0. The SMILES string of the molecule is CCC1CCc2c(sc(NC(=O)CN(C)C3CCCCC3)c2C#N)C1. The molecule has 5 heteroatoms. The zero-order valence-electron chi connectivity index (χ0n) is 15.4. The molecular weight excluding hydrogens is 330 g/mol. The van der Waals surface area contributed by atoms with E-state index in [1.807, 2.05) is 7.05 Å². The molecule has 1 N–H and O–H groups in total. The number of carbonyl (C=O) groups excluding carboxylic acids is 1. The van der Waals surface area contributed by atoms with Crippen LogP contribution in [0.15, 0.2) is 0 Å². The first-order valence-corrected chi connectivity index (χ1v) is 10.5. The molecule has 0 aromatic carbocycles. The number of anilines is 1. The van der Waals surface area contributed by atoms with E-state index in [2.05, 4.69) is 23.2 Å². The Hall–Kier alpha value is -1.38. The fourth-order valence-electron chi connectivity index (χ4n) is 4.25. The maximum Gasteiger partial charge on any atom is 0.239 e. The highest BCUT2D eigenvalue weighted by Gasteiger charge is 2.26. The summed E-state index contributed by atoms with van der Waals surface area (Å²) in [5.74, 6) is 0.730. The second-order valence-electron chi connectivity index (χ2n) is 7.59. The maximum absolute atomic E-state index is 12.5. The van der Waals surface area contributed by atoms with Gasteiger partial charge in [-0.15, -0.1) is 11.3 Å². The fourth-order valence-corrected chi connectivity index (χ4v) is 5.58. The molecule has 1 atom stereocenters. The van der Waals surface area contributed by atoms with Gasteiger partial charge in [0.1, 0.15) is 11.1 Å². The average Bonchev–Trinajstić information content (AvgIpc) is 2.97. The lowest BCUT2D eigenvalue weighted by Gasteiger charge is -2.30. The first-order chi connectivity index (χ1) is 12.1. The topological polar surface area (TPSA) is 56.1 Å². The number of likely N-dealkylation sites (N-methyl/N-ethyl adjacent to an activating group) is 1.